The molecule has 0 spiro atoms. The van der Waals surface area contributed by atoms with Crippen LogP contribution < -0.4 is 5.32 Å². The first-order valence-corrected chi connectivity index (χ1v) is 11.8. The van der Waals surface area contributed by atoms with E-state index in [2.05, 4.69) is 40.0 Å². The van der Waals surface area contributed by atoms with E-state index in [0.717, 1.165) is 16.8 Å². The molecule has 1 N–H and O–H groups in total. The number of aryl methyl sites for hydroxylation is 1. The zero-order valence-corrected chi connectivity index (χ0v) is 17.7. The van der Waals surface area contributed by atoms with Crippen LogP contribution >= 0.6 is 23.1 Å². The minimum absolute atomic E-state index is 0.671. The van der Waals surface area contributed by atoms with E-state index in [9.17, 15) is 0 Å². The standard InChI is InChI=1S/C21H25N5S2/c1-26-13-20(24-25-26)23-15-7-10-17(18(11-15)27-16-8-9-16)19-12-22-21(28-19)14-5-3-2-4-6-14/h7,10-14,16,23H,2-6,8-9H2,1H3. The Hall–Kier alpha value is -1.86. The van der Waals surface area contributed by atoms with Gasteiger partial charge in [0.15, 0.2) is 5.82 Å². The van der Waals surface area contributed by atoms with Crippen molar-refractivity contribution in [1.82, 2.24) is 20.0 Å². The second-order valence-electron chi connectivity index (χ2n) is 7.83. The quantitative estimate of drug-likeness (QED) is 0.540. The van der Waals surface area contributed by atoms with Crippen molar-refractivity contribution in [3.63, 3.8) is 0 Å². The van der Waals surface area contributed by atoms with E-state index in [1.165, 1.54) is 65.3 Å². The number of thioether (sulfide) groups is 1. The summed E-state index contributed by atoms with van der Waals surface area (Å²) in [5, 5.41) is 13.6. The molecule has 0 amide bonds. The van der Waals surface area contributed by atoms with E-state index >= 15 is 0 Å². The van der Waals surface area contributed by atoms with Crippen molar-refractivity contribution in [2.24, 2.45) is 7.05 Å². The first kappa shape index (κ1) is 18.2. The van der Waals surface area contributed by atoms with Gasteiger partial charge >= 0.3 is 0 Å². The van der Waals surface area contributed by atoms with Crippen molar-refractivity contribution in [2.45, 2.75) is 61.0 Å². The lowest BCUT2D eigenvalue weighted by Crippen LogP contribution is -2.03. The van der Waals surface area contributed by atoms with Crippen molar-refractivity contribution < 1.29 is 0 Å². The van der Waals surface area contributed by atoms with Gasteiger partial charge in [0.05, 0.1) is 16.1 Å². The molecule has 2 aliphatic rings. The van der Waals surface area contributed by atoms with Gasteiger partial charge < -0.3 is 5.32 Å². The molecule has 3 aromatic rings. The maximum atomic E-state index is 4.82. The molecule has 28 heavy (non-hydrogen) atoms. The fourth-order valence-electron chi connectivity index (χ4n) is 3.77. The van der Waals surface area contributed by atoms with Crippen LogP contribution in [-0.2, 0) is 7.05 Å². The highest BCUT2D eigenvalue weighted by molar-refractivity contribution is 8.00. The molecular weight excluding hydrogens is 386 g/mol. The average molecular weight is 412 g/mol. The molecule has 2 aliphatic carbocycles. The minimum atomic E-state index is 0.671. The minimum Gasteiger partial charge on any atom is -0.337 e. The smallest absolute Gasteiger partial charge is 0.172 e. The van der Waals surface area contributed by atoms with Crippen LogP contribution in [0, 0.1) is 0 Å². The van der Waals surface area contributed by atoms with Gasteiger partial charge in [0.2, 0.25) is 0 Å². The highest BCUT2D eigenvalue weighted by Gasteiger charge is 2.25. The number of nitrogens with one attached hydrogen (secondary N) is 1. The molecule has 2 heterocycles. The number of nitrogens with zero attached hydrogens (tertiary/aromatic N) is 4. The molecule has 0 atom stereocenters. The monoisotopic (exact) mass is 411 g/mol. The topological polar surface area (TPSA) is 55.6 Å². The van der Waals surface area contributed by atoms with Gasteiger partial charge in [-0.3, -0.25) is 4.68 Å². The molecule has 0 bridgehead atoms. The first-order chi connectivity index (χ1) is 13.7. The summed E-state index contributed by atoms with van der Waals surface area (Å²) in [6, 6.07) is 6.63. The SMILES string of the molecule is Cn1cc(Nc2ccc(-c3cnc(C4CCCCC4)s3)c(SC3CC3)c2)nn1. The summed E-state index contributed by atoms with van der Waals surface area (Å²) in [6.45, 7) is 0. The van der Waals surface area contributed by atoms with Crippen molar-refractivity contribution in [2.75, 3.05) is 5.32 Å². The number of benzene rings is 1. The Balaban J connectivity index is 1.42. The fourth-order valence-corrected chi connectivity index (χ4v) is 6.19. The molecule has 0 saturated heterocycles. The highest BCUT2D eigenvalue weighted by atomic mass is 32.2. The molecule has 0 aliphatic heterocycles. The number of hydrogen-bond donors (Lipinski definition) is 1. The lowest BCUT2D eigenvalue weighted by atomic mass is 9.90. The van der Waals surface area contributed by atoms with Gasteiger partial charge in [-0.25, -0.2) is 4.98 Å². The van der Waals surface area contributed by atoms with Gasteiger partial charge in [0, 0.05) is 40.6 Å². The Morgan fingerprint density at radius 3 is 2.75 bits per heavy atom. The van der Waals surface area contributed by atoms with Crippen molar-refractivity contribution >= 4 is 34.6 Å². The number of aromatic nitrogens is 4. The molecule has 2 saturated carbocycles. The summed E-state index contributed by atoms with van der Waals surface area (Å²) >= 11 is 3.90. The Labute approximate surface area is 174 Å². The molecule has 7 heteroatoms. The van der Waals surface area contributed by atoms with Crippen LogP contribution in [0.3, 0.4) is 0 Å². The predicted octanol–water partition coefficient (Wildman–Crippen LogP) is 5.98. The third-order valence-corrected chi connectivity index (χ3v) is 8.01. The molecule has 5 rings (SSSR count). The molecule has 146 valence electrons. The molecule has 2 fully saturated rings. The summed E-state index contributed by atoms with van der Waals surface area (Å²) in [5.74, 6) is 1.44. The van der Waals surface area contributed by atoms with Crippen LogP contribution in [0.2, 0.25) is 0 Å². The summed E-state index contributed by atoms with van der Waals surface area (Å²) < 4.78 is 1.71. The molecular formula is C21H25N5S2. The van der Waals surface area contributed by atoms with Crippen LogP contribution in [0.5, 0.6) is 0 Å². The Bertz CT molecular complexity index is 953. The van der Waals surface area contributed by atoms with E-state index in [1.807, 2.05) is 36.3 Å². The highest BCUT2D eigenvalue weighted by Crippen LogP contribution is 2.46. The Kier molecular flexibility index (Phi) is 5.11. The largest absolute Gasteiger partial charge is 0.337 e. The van der Waals surface area contributed by atoms with Crippen LogP contribution in [0.4, 0.5) is 11.5 Å². The van der Waals surface area contributed by atoms with E-state index in [1.54, 1.807) is 4.68 Å². The van der Waals surface area contributed by atoms with E-state index in [4.69, 9.17) is 4.98 Å². The third kappa shape index (κ3) is 4.10. The Morgan fingerprint density at radius 2 is 2.00 bits per heavy atom. The third-order valence-electron chi connectivity index (χ3n) is 5.42. The van der Waals surface area contributed by atoms with E-state index < -0.39 is 0 Å². The van der Waals surface area contributed by atoms with Crippen molar-refractivity contribution in [3.05, 3.63) is 35.6 Å². The summed E-state index contributed by atoms with van der Waals surface area (Å²) in [7, 11) is 1.88. The van der Waals surface area contributed by atoms with Crippen LogP contribution in [0.15, 0.2) is 35.5 Å². The predicted molar refractivity (Wildman–Crippen MR) is 117 cm³/mol. The average Bonchev–Trinajstić information content (AvgIpc) is 3.22. The molecule has 5 nitrogen and oxygen atoms in total. The lowest BCUT2D eigenvalue weighted by molar-refractivity contribution is 0.442. The summed E-state index contributed by atoms with van der Waals surface area (Å²) in [5.41, 5.74) is 2.38. The summed E-state index contributed by atoms with van der Waals surface area (Å²) in [4.78, 5) is 7.46. The maximum absolute atomic E-state index is 4.82. The maximum Gasteiger partial charge on any atom is 0.172 e. The van der Waals surface area contributed by atoms with Crippen LogP contribution in [-0.4, -0.2) is 25.2 Å². The van der Waals surface area contributed by atoms with E-state index in [-0.39, 0.29) is 0 Å². The van der Waals surface area contributed by atoms with Gasteiger partial charge in [-0.2, -0.15) is 0 Å². The number of anilines is 2. The zero-order chi connectivity index (χ0) is 18.9. The molecule has 0 radical (unpaired) electrons. The normalized spacial score (nSPS) is 17.8. The molecule has 1 aromatic carbocycles. The van der Waals surface area contributed by atoms with Gasteiger partial charge in [0.1, 0.15) is 0 Å². The first-order valence-electron chi connectivity index (χ1n) is 10.1. The summed E-state index contributed by atoms with van der Waals surface area (Å²) in [6.07, 6.45) is 13.3. The second-order valence-corrected chi connectivity index (χ2v) is 10.2. The second kappa shape index (κ2) is 7.87. The van der Waals surface area contributed by atoms with Crippen molar-refractivity contribution in [1.29, 1.82) is 0 Å². The Morgan fingerprint density at radius 1 is 1.14 bits per heavy atom. The van der Waals surface area contributed by atoms with Crippen molar-refractivity contribution in [3.8, 4) is 10.4 Å². The number of rotatable bonds is 6. The number of hydrogen-bond acceptors (Lipinski definition) is 6. The van der Waals surface area contributed by atoms with E-state index in [0.29, 0.717) is 5.92 Å². The van der Waals surface area contributed by atoms with Gasteiger partial charge in [-0.05, 0) is 37.8 Å². The van der Waals surface area contributed by atoms with Gasteiger partial charge in [0.25, 0.3) is 0 Å². The molecule has 2 aromatic heterocycles. The van der Waals surface area contributed by atoms with Gasteiger partial charge in [-0.1, -0.05) is 30.5 Å². The lowest BCUT2D eigenvalue weighted by Gasteiger charge is -2.18. The fraction of sp³-hybridized carbons (Fsp3) is 0.476. The van der Waals surface area contributed by atoms with Crippen LogP contribution in [0.1, 0.15) is 55.9 Å². The molecule has 0 unspecified atom stereocenters. The van der Waals surface area contributed by atoms with Crippen LogP contribution in [0.25, 0.3) is 10.4 Å². The zero-order valence-electron chi connectivity index (χ0n) is 16.1. The van der Waals surface area contributed by atoms with Gasteiger partial charge in [-0.15, -0.1) is 28.2 Å². The number of thiazole rings is 1.